The van der Waals surface area contributed by atoms with Crippen molar-refractivity contribution in [1.82, 2.24) is 23.7 Å². The number of hydrogen-bond donors (Lipinski definition) is 0. The van der Waals surface area contributed by atoms with Crippen LogP contribution >= 0.6 is 0 Å². The molecule has 0 saturated heterocycles. The van der Waals surface area contributed by atoms with Gasteiger partial charge in [0.05, 0.1) is 34.5 Å². The normalized spacial score (nSPS) is 14.3. The summed E-state index contributed by atoms with van der Waals surface area (Å²) < 4.78 is 13.8. The van der Waals surface area contributed by atoms with Crippen LogP contribution in [0.1, 0.15) is 70.9 Å². The Morgan fingerprint density at radius 2 is 1.00 bits per heavy atom. The summed E-state index contributed by atoms with van der Waals surface area (Å²) in [7, 11) is 0. The van der Waals surface area contributed by atoms with E-state index in [0.29, 0.717) is 0 Å². The van der Waals surface area contributed by atoms with Gasteiger partial charge in [-0.3, -0.25) is 9.55 Å². The predicted octanol–water partition coefficient (Wildman–Crippen LogP) is 15.2. The van der Waals surface area contributed by atoms with Gasteiger partial charge >= 0.3 is 0 Å². The fraction of sp³-hybridized carbons (Fsp3) is 0.193. The monoisotopic (exact) mass is 819 g/mol. The Morgan fingerprint density at radius 1 is 0.476 bits per heavy atom. The summed E-state index contributed by atoms with van der Waals surface area (Å²) in [5, 5.41) is 9.74. The van der Waals surface area contributed by atoms with Crippen molar-refractivity contribution in [3.05, 3.63) is 175 Å². The summed E-state index contributed by atoms with van der Waals surface area (Å²) in [6, 6.07) is 54.5. The quantitative estimate of drug-likeness (QED) is 0.138. The van der Waals surface area contributed by atoms with Crippen molar-refractivity contribution in [2.75, 3.05) is 0 Å². The number of rotatable bonds is 10. The minimum absolute atomic E-state index is 0.277. The molecule has 12 aromatic rings. The molecular formula is C57H49N5O. The highest BCUT2D eigenvalue weighted by molar-refractivity contribution is 6.12. The van der Waals surface area contributed by atoms with Crippen molar-refractivity contribution in [3.63, 3.8) is 0 Å². The number of fused-ring (bicyclic) bond motifs is 12. The van der Waals surface area contributed by atoms with E-state index in [1.54, 1.807) is 6.20 Å². The van der Waals surface area contributed by atoms with E-state index >= 15 is 0 Å². The summed E-state index contributed by atoms with van der Waals surface area (Å²) in [5.41, 5.74) is 11.0. The highest BCUT2D eigenvalue weighted by Crippen LogP contribution is 2.47. The van der Waals surface area contributed by atoms with Gasteiger partial charge in [0.15, 0.2) is 11.2 Å². The molecule has 6 heteroatoms. The molecule has 0 fully saturated rings. The van der Waals surface area contributed by atoms with E-state index in [-0.39, 0.29) is 11.1 Å². The second-order valence-electron chi connectivity index (χ2n) is 17.7. The molecule has 6 aromatic heterocycles. The van der Waals surface area contributed by atoms with Crippen LogP contribution in [0.25, 0.3) is 93.2 Å². The molecule has 0 aliphatic heterocycles. The Bertz CT molecular complexity index is 3700. The van der Waals surface area contributed by atoms with Crippen LogP contribution in [0.5, 0.6) is 0 Å². The zero-order valence-corrected chi connectivity index (χ0v) is 36.3. The van der Waals surface area contributed by atoms with Crippen LogP contribution in [0.4, 0.5) is 0 Å². The fourth-order valence-electron chi connectivity index (χ4n) is 11.6. The van der Waals surface area contributed by atoms with Crippen LogP contribution in [-0.4, -0.2) is 23.7 Å². The number of aromatic nitrogens is 5. The molecular weight excluding hydrogens is 771 g/mol. The van der Waals surface area contributed by atoms with E-state index in [1.165, 1.54) is 65.5 Å². The number of nitrogens with zero attached hydrogens (tertiary/aromatic N) is 5. The molecule has 0 saturated carbocycles. The first-order valence-corrected chi connectivity index (χ1v) is 22.7. The summed E-state index contributed by atoms with van der Waals surface area (Å²) in [6.45, 7) is 9.49. The summed E-state index contributed by atoms with van der Waals surface area (Å²) in [5.74, 6) is 0.866. The fourth-order valence-corrected chi connectivity index (χ4v) is 11.6. The Hall–Kier alpha value is -7.18. The molecule has 0 aliphatic rings. The molecule has 0 radical (unpaired) electrons. The lowest BCUT2D eigenvalue weighted by molar-refractivity contribution is 0.331. The zero-order chi connectivity index (χ0) is 42.5. The van der Waals surface area contributed by atoms with E-state index in [9.17, 15) is 0 Å². The van der Waals surface area contributed by atoms with Gasteiger partial charge < -0.3 is 13.6 Å². The van der Waals surface area contributed by atoms with Crippen LogP contribution in [0.15, 0.2) is 169 Å². The van der Waals surface area contributed by atoms with Crippen LogP contribution in [0.3, 0.4) is 0 Å². The first-order valence-electron chi connectivity index (χ1n) is 22.7. The summed E-state index contributed by atoms with van der Waals surface area (Å²) in [6.07, 6.45) is 10.5. The lowest BCUT2D eigenvalue weighted by Gasteiger charge is -2.37. The van der Waals surface area contributed by atoms with E-state index in [0.717, 1.165) is 70.9 Å². The van der Waals surface area contributed by atoms with Crippen molar-refractivity contribution in [2.24, 2.45) is 0 Å². The standard InChI is InChI=1S/C57H49N5O/c1-5-29-56(4,61-49-21-13-9-16-39(49)40-17-10-14-22-50(40)61)37-24-27-52-45(32-37)42-19-11-15-23-51(42)62(52)57(7-3,30-6-2)38-25-26-48-44(33-38)41-18-8-12-20-47(41)60(48)55-34-46-43-28-31-58-35-53(43)63-54(46)36-59-55/h8-28,31-36H,5-7,29-30H2,1-4H3. The largest absolute Gasteiger partial charge is 0.453 e. The third-order valence-corrected chi connectivity index (χ3v) is 14.4. The van der Waals surface area contributed by atoms with Gasteiger partial charge in [-0.05, 0) is 98.0 Å². The van der Waals surface area contributed by atoms with Crippen LogP contribution in [0.2, 0.25) is 0 Å². The van der Waals surface area contributed by atoms with Crippen molar-refractivity contribution in [3.8, 4) is 5.82 Å². The molecule has 0 bridgehead atoms. The van der Waals surface area contributed by atoms with E-state index < -0.39 is 0 Å². The van der Waals surface area contributed by atoms with E-state index in [4.69, 9.17) is 9.40 Å². The average Bonchev–Trinajstić information content (AvgIpc) is 4.07. The topological polar surface area (TPSA) is 53.7 Å². The van der Waals surface area contributed by atoms with E-state index in [2.05, 4.69) is 186 Å². The van der Waals surface area contributed by atoms with E-state index in [1.807, 2.05) is 18.5 Å². The molecule has 2 unspecified atom stereocenters. The highest BCUT2D eigenvalue weighted by Gasteiger charge is 2.37. The van der Waals surface area contributed by atoms with Gasteiger partial charge in [0.25, 0.3) is 0 Å². The van der Waals surface area contributed by atoms with Gasteiger partial charge in [-0.15, -0.1) is 0 Å². The average molecular weight is 820 g/mol. The number of benzene rings is 6. The summed E-state index contributed by atoms with van der Waals surface area (Å²) >= 11 is 0. The maximum Gasteiger partial charge on any atom is 0.153 e. The summed E-state index contributed by atoms with van der Waals surface area (Å²) in [4.78, 5) is 9.28. The van der Waals surface area contributed by atoms with Gasteiger partial charge in [0.1, 0.15) is 5.82 Å². The van der Waals surface area contributed by atoms with Crippen molar-refractivity contribution < 1.29 is 4.42 Å². The molecule has 2 atom stereocenters. The second-order valence-corrected chi connectivity index (χ2v) is 17.7. The Morgan fingerprint density at radius 3 is 1.68 bits per heavy atom. The second kappa shape index (κ2) is 14.2. The SMILES string of the molecule is CCCC(C)(c1ccc2c(c1)c1ccccc1n2C(CC)(CCC)c1ccc2c(c1)c1ccccc1n2-c1cc2c(cn1)oc1cnccc12)n1c2ccccc2c2ccccc21. The Balaban J connectivity index is 1.07. The Labute approximate surface area is 366 Å². The lowest BCUT2D eigenvalue weighted by atomic mass is 9.81. The number of hydrogen-bond acceptors (Lipinski definition) is 3. The number of furan rings is 1. The number of pyridine rings is 2. The number of para-hydroxylation sites is 4. The molecule has 63 heavy (non-hydrogen) atoms. The van der Waals surface area contributed by atoms with Gasteiger partial charge in [-0.2, -0.15) is 0 Å². The maximum absolute atomic E-state index is 6.13. The molecule has 0 aliphatic carbocycles. The van der Waals surface area contributed by atoms with Crippen molar-refractivity contribution in [2.45, 2.75) is 70.9 Å². The molecule has 0 N–H and O–H groups in total. The highest BCUT2D eigenvalue weighted by atomic mass is 16.3. The maximum atomic E-state index is 6.13. The smallest absolute Gasteiger partial charge is 0.153 e. The van der Waals surface area contributed by atoms with Gasteiger partial charge in [0, 0.05) is 71.4 Å². The zero-order valence-electron chi connectivity index (χ0n) is 36.3. The van der Waals surface area contributed by atoms with Crippen molar-refractivity contribution >= 4 is 87.4 Å². The molecule has 12 rings (SSSR count). The Kier molecular flexibility index (Phi) is 8.46. The molecule has 6 heterocycles. The molecule has 0 spiro atoms. The first kappa shape index (κ1) is 37.6. The van der Waals surface area contributed by atoms with Gasteiger partial charge in [-0.1, -0.05) is 119 Å². The van der Waals surface area contributed by atoms with Crippen LogP contribution < -0.4 is 0 Å². The van der Waals surface area contributed by atoms with Crippen molar-refractivity contribution in [1.29, 1.82) is 0 Å². The minimum atomic E-state index is -0.310. The third-order valence-electron chi connectivity index (χ3n) is 14.4. The third kappa shape index (κ3) is 5.30. The minimum Gasteiger partial charge on any atom is -0.453 e. The van der Waals surface area contributed by atoms with Crippen LogP contribution in [0, 0.1) is 0 Å². The predicted molar refractivity (Wildman–Crippen MR) is 262 cm³/mol. The lowest BCUT2D eigenvalue weighted by Crippen LogP contribution is -2.34. The van der Waals surface area contributed by atoms with Crippen LogP contribution in [-0.2, 0) is 11.1 Å². The first-order chi connectivity index (χ1) is 31.0. The molecule has 308 valence electrons. The molecule has 0 amide bonds. The van der Waals surface area contributed by atoms with Gasteiger partial charge in [-0.25, -0.2) is 4.98 Å². The van der Waals surface area contributed by atoms with Gasteiger partial charge in [0.2, 0.25) is 0 Å². The molecule has 6 nitrogen and oxygen atoms in total. The molecule has 6 aromatic carbocycles.